The number of carbonyl (C=O) groups is 3. The molecule has 0 unspecified atom stereocenters. The fraction of sp³-hybridized carbons (Fsp3) is 0.348. The topological polar surface area (TPSA) is 93.7 Å². The van der Waals surface area contributed by atoms with Crippen molar-refractivity contribution in [2.24, 2.45) is 0 Å². The molecule has 0 saturated carbocycles. The Labute approximate surface area is 176 Å². The van der Waals surface area contributed by atoms with Gasteiger partial charge in [-0.05, 0) is 62.6 Å². The summed E-state index contributed by atoms with van der Waals surface area (Å²) in [4.78, 5) is 35.8. The van der Waals surface area contributed by atoms with Crippen LogP contribution in [0.2, 0.25) is 0 Å². The standard InChI is InChI=1S/C23H28N2O5/c1-4-29-19-13-11-18(12-14-19)24-20(26)9-6-10-22(28)30-15-21(27)25-23-16(2)7-5-8-17(23)3/h5,7-8,11-14H,4,6,9-10,15H2,1-3H3,(H,24,26)(H,25,27). The molecular formula is C23H28N2O5. The molecule has 2 N–H and O–H groups in total. The number of anilines is 2. The molecular weight excluding hydrogens is 384 g/mol. The van der Waals surface area contributed by atoms with Crippen LogP contribution in [0.15, 0.2) is 42.5 Å². The van der Waals surface area contributed by atoms with Crippen molar-refractivity contribution in [1.82, 2.24) is 0 Å². The molecule has 0 aliphatic rings. The molecule has 0 bridgehead atoms. The number of esters is 1. The van der Waals surface area contributed by atoms with E-state index in [1.165, 1.54) is 0 Å². The molecule has 0 atom stereocenters. The minimum atomic E-state index is -0.513. The number of aryl methyl sites for hydroxylation is 2. The lowest BCUT2D eigenvalue weighted by Gasteiger charge is -2.11. The number of carbonyl (C=O) groups excluding carboxylic acids is 3. The first kappa shape index (κ1) is 22.9. The van der Waals surface area contributed by atoms with Gasteiger partial charge in [0.25, 0.3) is 5.91 Å². The summed E-state index contributed by atoms with van der Waals surface area (Å²) in [5, 5.41) is 5.52. The predicted molar refractivity (Wildman–Crippen MR) is 116 cm³/mol. The molecule has 2 aromatic carbocycles. The van der Waals surface area contributed by atoms with Gasteiger partial charge in [0.15, 0.2) is 6.61 Å². The Morgan fingerprint density at radius 1 is 0.867 bits per heavy atom. The zero-order valence-corrected chi connectivity index (χ0v) is 17.6. The van der Waals surface area contributed by atoms with E-state index in [0.29, 0.717) is 18.7 Å². The smallest absolute Gasteiger partial charge is 0.306 e. The van der Waals surface area contributed by atoms with Crippen LogP contribution in [0, 0.1) is 13.8 Å². The number of hydrogen-bond acceptors (Lipinski definition) is 5. The van der Waals surface area contributed by atoms with E-state index < -0.39 is 11.9 Å². The van der Waals surface area contributed by atoms with Crippen LogP contribution < -0.4 is 15.4 Å². The summed E-state index contributed by atoms with van der Waals surface area (Å²) in [5.41, 5.74) is 3.26. The average molecular weight is 412 g/mol. The van der Waals surface area contributed by atoms with Crippen LogP contribution in [0.5, 0.6) is 5.75 Å². The lowest BCUT2D eigenvalue weighted by atomic mass is 10.1. The number of benzene rings is 2. The van der Waals surface area contributed by atoms with E-state index in [1.807, 2.05) is 39.0 Å². The summed E-state index contributed by atoms with van der Waals surface area (Å²) >= 11 is 0. The highest BCUT2D eigenvalue weighted by Crippen LogP contribution is 2.19. The van der Waals surface area contributed by atoms with Crippen LogP contribution in [0.3, 0.4) is 0 Å². The summed E-state index contributed by atoms with van der Waals surface area (Å²) in [7, 11) is 0. The number of nitrogens with one attached hydrogen (secondary N) is 2. The lowest BCUT2D eigenvalue weighted by molar-refractivity contribution is -0.147. The summed E-state index contributed by atoms with van der Waals surface area (Å²) in [5.74, 6) is -0.367. The molecule has 0 radical (unpaired) electrons. The highest BCUT2D eigenvalue weighted by Gasteiger charge is 2.11. The number of hydrogen-bond donors (Lipinski definition) is 2. The molecule has 0 aliphatic carbocycles. The average Bonchev–Trinajstić information content (AvgIpc) is 2.71. The molecule has 2 rings (SSSR count). The highest BCUT2D eigenvalue weighted by molar-refractivity contribution is 5.94. The van der Waals surface area contributed by atoms with Gasteiger partial charge in [-0.15, -0.1) is 0 Å². The van der Waals surface area contributed by atoms with Crippen LogP contribution in [0.4, 0.5) is 11.4 Å². The highest BCUT2D eigenvalue weighted by atomic mass is 16.5. The fourth-order valence-electron chi connectivity index (χ4n) is 2.82. The van der Waals surface area contributed by atoms with Gasteiger partial charge in [-0.1, -0.05) is 18.2 Å². The quantitative estimate of drug-likeness (QED) is 0.576. The molecule has 0 spiro atoms. The van der Waals surface area contributed by atoms with Crippen LogP contribution >= 0.6 is 0 Å². The van der Waals surface area contributed by atoms with E-state index in [1.54, 1.807) is 24.3 Å². The summed E-state index contributed by atoms with van der Waals surface area (Å²) in [6.07, 6.45) is 0.574. The SMILES string of the molecule is CCOc1ccc(NC(=O)CCCC(=O)OCC(=O)Nc2c(C)cccc2C)cc1. The molecule has 0 fully saturated rings. The minimum absolute atomic E-state index is 0.0629. The Hall–Kier alpha value is -3.35. The monoisotopic (exact) mass is 412 g/mol. The predicted octanol–water partition coefficient (Wildman–Crippen LogP) is 3.99. The second-order valence-electron chi connectivity index (χ2n) is 6.83. The molecule has 7 heteroatoms. The zero-order valence-electron chi connectivity index (χ0n) is 17.6. The molecule has 160 valence electrons. The largest absolute Gasteiger partial charge is 0.494 e. The maximum absolute atomic E-state index is 12.0. The van der Waals surface area contributed by atoms with Crippen molar-refractivity contribution in [2.75, 3.05) is 23.8 Å². The third kappa shape index (κ3) is 7.58. The van der Waals surface area contributed by atoms with E-state index in [0.717, 1.165) is 22.6 Å². The number of amides is 2. The molecule has 0 aliphatic heterocycles. The van der Waals surface area contributed by atoms with Gasteiger partial charge in [-0.25, -0.2) is 0 Å². The van der Waals surface area contributed by atoms with E-state index in [2.05, 4.69) is 10.6 Å². The molecule has 2 amide bonds. The van der Waals surface area contributed by atoms with E-state index in [-0.39, 0.29) is 25.4 Å². The lowest BCUT2D eigenvalue weighted by Crippen LogP contribution is -2.22. The van der Waals surface area contributed by atoms with Crippen molar-refractivity contribution < 1.29 is 23.9 Å². The van der Waals surface area contributed by atoms with Crippen molar-refractivity contribution in [1.29, 1.82) is 0 Å². The second-order valence-corrected chi connectivity index (χ2v) is 6.83. The van der Waals surface area contributed by atoms with Crippen molar-refractivity contribution in [3.63, 3.8) is 0 Å². The van der Waals surface area contributed by atoms with Gasteiger partial charge in [0.1, 0.15) is 5.75 Å². The van der Waals surface area contributed by atoms with Crippen LogP contribution in [-0.4, -0.2) is 31.0 Å². The Balaban J connectivity index is 1.65. The van der Waals surface area contributed by atoms with Gasteiger partial charge in [0, 0.05) is 24.2 Å². The Morgan fingerprint density at radius 3 is 2.17 bits per heavy atom. The first-order chi connectivity index (χ1) is 14.4. The van der Waals surface area contributed by atoms with Crippen molar-refractivity contribution in [2.45, 2.75) is 40.0 Å². The Kier molecular flexibility index (Phi) is 8.87. The van der Waals surface area contributed by atoms with E-state index in [4.69, 9.17) is 9.47 Å². The fourth-order valence-corrected chi connectivity index (χ4v) is 2.82. The third-order valence-corrected chi connectivity index (χ3v) is 4.34. The molecule has 0 saturated heterocycles. The van der Waals surface area contributed by atoms with Gasteiger partial charge in [0.05, 0.1) is 6.61 Å². The maximum atomic E-state index is 12.0. The van der Waals surface area contributed by atoms with Crippen LogP contribution in [0.1, 0.15) is 37.3 Å². The van der Waals surface area contributed by atoms with Gasteiger partial charge in [-0.2, -0.15) is 0 Å². The van der Waals surface area contributed by atoms with Crippen LogP contribution in [0.25, 0.3) is 0 Å². The summed E-state index contributed by atoms with van der Waals surface area (Å²) < 4.78 is 10.3. The van der Waals surface area contributed by atoms with E-state index >= 15 is 0 Å². The zero-order chi connectivity index (χ0) is 21.9. The van der Waals surface area contributed by atoms with Gasteiger partial charge in [-0.3, -0.25) is 14.4 Å². The normalized spacial score (nSPS) is 10.2. The molecule has 7 nitrogen and oxygen atoms in total. The second kappa shape index (κ2) is 11.6. The Morgan fingerprint density at radius 2 is 1.53 bits per heavy atom. The third-order valence-electron chi connectivity index (χ3n) is 4.34. The first-order valence-electron chi connectivity index (χ1n) is 9.93. The molecule has 2 aromatic rings. The number of ether oxygens (including phenoxy) is 2. The van der Waals surface area contributed by atoms with Gasteiger partial charge < -0.3 is 20.1 Å². The maximum Gasteiger partial charge on any atom is 0.306 e. The van der Waals surface area contributed by atoms with Gasteiger partial charge in [0.2, 0.25) is 5.91 Å². The van der Waals surface area contributed by atoms with Gasteiger partial charge >= 0.3 is 5.97 Å². The molecule has 30 heavy (non-hydrogen) atoms. The first-order valence-corrected chi connectivity index (χ1v) is 9.93. The van der Waals surface area contributed by atoms with Crippen molar-refractivity contribution in [3.05, 3.63) is 53.6 Å². The number of para-hydroxylation sites is 1. The molecule has 0 heterocycles. The minimum Gasteiger partial charge on any atom is -0.494 e. The van der Waals surface area contributed by atoms with E-state index in [9.17, 15) is 14.4 Å². The van der Waals surface area contributed by atoms with Crippen molar-refractivity contribution in [3.8, 4) is 5.75 Å². The van der Waals surface area contributed by atoms with Crippen molar-refractivity contribution >= 4 is 29.2 Å². The molecule has 0 aromatic heterocycles. The number of rotatable bonds is 10. The Bertz CT molecular complexity index is 857. The summed E-state index contributed by atoms with van der Waals surface area (Å²) in [6.45, 7) is 5.91. The summed E-state index contributed by atoms with van der Waals surface area (Å²) in [6, 6.07) is 12.8. The van der Waals surface area contributed by atoms with Crippen LogP contribution in [-0.2, 0) is 19.1 Å².